The minimum atomic E-state index is -3.89. The van der Waals surface area contributed by atoms with E-state index in [0.717, 1.165) is 11.1 Å². The molecule has 0 atom stereocenters. The zero-order valence-electron chi connectivity index (χ0n) is 30.8. The number of hydrogen-bond acceptors (Lipinski definition) is 9. The lowest BCUT2D eigenvalue weighted by molar-refractivity contribution is 0.152. The summed E-state index contributed by atoms with van der Waals surface area (Å²) >= 11 is 0. The van der Waals surface area contributed by atoms with Crippen LogP contribution in [0.25, 0.3) is 0 Å². The van der Waals surface area contributed by atoms with Crippen molar-refractivity contribution in [2.24, 2.45) is 0 Å². The van der Waals surface area contributed by atoms with Crippen LogP contribution < -0.4 is 23.0 Å². The Labute approximate surface area is 326 Å². The van der Waals surface area contributed by atoms with E-state index in [0.29, 0.717) is 28.7 Å². The fourth-order valence-electron chi connectivity index (χ4n) is 5.00. The minimum absolute atomic E-state index is 0.151. The molecule has 0 amide bonds. The number of phosphoric acid groups is 1. The molecule has 0 spiro atoms. The van der Waals surface area contributed by atoms with E-state index in [1.165, 1.54) is 0 Å². The Hall–Kier alpha value is -6.96. The number of ether oxygens (including phenoxy) is 2. The quantitative estimate of drug-likeness (QED) is 0.0795. The van der Waals surface area contributed by atoms with Crippen molar-refractivity contribution in [1.82, 2.24) is 0 Å². The number of carbonyl (C=O) groups is 1. The molecule has 9 nitrogen and oxygen atoms in total. The van der Waals surface area contributed by atoms with Gasteiger partial charge in [0.1, 0.15) is 40.2 Å². The highest BCUT2D eigenvalue weighted by Gasteiger charge is 2.33. The molecule has 7 rings (SSSR count). The summed E-state index contributed by atoms with van der Waals surface area (Å²) in [4.78, 5) is 11.3. The predicted octanol–water partition coefficient (Wildman–Crippen LogP) is 12.0. The second kappa shape index (κ2) is 19.9. The summed E-state index contributed by atoms with van der Waals surface area (Å²) < 4.78 is 39.5. The number of para-hydroxylation sites is 5. The van der Waals surface area contributed by atoms with E-state index < -0.39 is 14.0 Å². The average Bonchev–Trinajstić information content (AvgIpc) is 3.20. The molecule has 0 unspecified atom stereocenters. The summed E-state index contributed by atoms with van der Waals surface area (Å²) in [5, 5.41) is 18.6. The Morgan fingerprint density at radius 3 is 0.929 bits per heavy atom. The minimum Gasteiger partial charge on any atom is -0.508 e. The van der Waals surface area contributed by atoms with Crippen LogP contribution >= 0.6 is 7.82 Å². The molecule has 0 aromatic heterocycles. The maximum atomic E-state index is 13.1. The monoisotopic (exact) mass is 768 g/mol. The lowest BCUT2D eigenvalue weighted by Crippen LogP contribution is -2.18. The first-order valence-corrected chi connectivity index (χ1v) is 19.0. The predicted molar refractivity (Wildman–Crippen MR) is 217 cm³/mol. The Morgan fingerprint density at radius 1 is 0.411 bits per heavy atom. The van der Waals surface area contributed by atoms with Gasteiger partial charge in [0.2, 0.25) is 0 Å². The van der Waals surface area contributed by atoms with Crippen molar-refractivity contribution in [1.29, 1.82) is 0 Å². The van der Waals surface area contributed by atoms with Crippen LogP contribution in [0.3, 0.4) is 0 Å². The number of hydrogen-bond donors (Lipinski definition) is 2. The number of aromatic hydroxyl groups is 2. The lowest BCUT2D eigenvalue weighted by atomic mass is 9.78. The van der Waals surface area contributed by atoms with Crippen molar-refractivity contribution in [3.05, 3.63) is 211 Å². The van der Waals surface area contributed by atoms with Crippen LogP contribution in [0.4, 0.5) is 4.79 Å². The molecule has 0 heterocycles. The van der Waals surface area contributed by atoms with E-state index in [4.69, 9.17) is 23.0 Å². The molecule has 284 valence electrons. The van der Waals surface area contributed by atoms with Crippen LogP contribution in [0.2, 0.25) is 0 Å². The van der Waals surface area contributed by atoms with Crippen LogP contribution in [-0.4, -0.2) is 16.4 Å². The molecule has 0 aliphatic carbocycles. The van der Waals surface area contributed by atoms with Gasteiger partial charge >= 0.3 is 14.0 Å². The van der Waals surface area contributed by atoms with E-state index in [9.17, 15) is 19.6 Å². The normalized spacial score (nSPS) is 10.6. The molecule has 7 aromatic rings. The maximum Gasteiger partial charge on any atom is 0.647 e. The molecule has 0 aliphatic heterocycles. The van der Waals surface area contributed by atoms with E-state index in [-0.39, 0.29) is 16.9 Å². The van der Waals surface area contributed by atoms with Crippen LogP contribution in [-0.2, 0) is 9.98 Å². The molecule has 2 N–H and O–H groups in total. The van der Waals surface area contributed by atoms with Gasteiger partial charge in [-0.25, -0.2) is 4.79 Å². The van der Waals surface area contributed by atoms with E-state index in [1.54, 1.807) is 146 Å². The van der Waals surface area contributed by atoms with Crippen LogP contribution in [0, 0.1) is 0 Å². The number of rotatable bonds is 10. The largest absolute Gasteiger partial charge is 0.647 e. The first-order chi connectivity index (χ1) is 27.1. The van der Waals surface area contributed by atoms with Gasteiger partial charge in [0.25, 0.3) is 0 Å². The zero-order valence-corrected chi connectivity index (χ0v) is 31.6. The lowest BCUT2D eigenvalue weighted by Gasteiger charge is -2.26. The van der Waals surface area contributed by atoms with Gasteiger partial charge in [0.05, 0.1) is 0 Å². The van der Waals surface area contributed by atoms with Crippen molar-refractivity contribution in [3.8, 4) is 40.2 Å². The second-order valence-corrected chi connectivity index (χ2v) is 13.9. The third-order valence-corrected chi connectivity index (χ3v) is 9.25. The molecule has 0 radical (unpaired) electrons. The van der Waals surface area contributed by atoms with Crippen molar-refractivity contribution >= 4 is 14.0 Å². The first kappa shape index (κ1) is 40.2. The Morgan fingerprint density at radius 2 is 0.661 bits per heavy atom. The van der Waals surface area contributed by atoms with Crippen molar-refractivity contribution in [2.45, 2.75) is 19.3 Å². The zero-order chi connectivity index (χ0) is 39.6. The Bertz CT molecular complexity index is 2040. The van der Waals surface area contributed by atoms with Crippen LogP contribution in [0.15, 0.2) is 200 Å². The highest BCUT2D eigenvalue weighted by Crippen LogP contribution is 2.49. The molecular weight excluding hydrogens is 727 g/mol. The van der Waals surface area contributed by atoms with Crippen molar-refractivity contribution < 1.29 is 42.6 Å². The van der Waals surface area contributed by atoms with Crippen LogP contribution in [0.1, 0.15) is 25.0 Å². The van der Waals surface area contributed by atoms with E-state index in [2.05, 4.69) is 13.8 Å². The van der Waals surface area contributed by atoms with Gasteiger partial charge in [-0.3, -0.25) is 0 Å². The maximum absolute atomic E-state index is 13.1. The van der Waals surface area contributed by atoms with E-state index in [1.807, 2.05) is 54.6 Å². The van der Waals surface area contributed by atoms with Gasteiger partial charge in [-0.15, -0.1) is 0 Å². The summed E-state index contributed by atoms with van der Waals surface area (Å²) in [6.07, 6.45) is -0.739. The molecule has 0 fully saturated rings. The van der Waals surface area contributed by atoms with E-state index >= 15 is 0 Å². The van der Waals surface area contributed by atoms with Gasteiger partial charge in [0.15, 0.2) is 0 Å². The number of phenolic OH excluding ortho intramolecular Hbond substituents is 2. The average molecular weight is 769 g/mol. The fraction of sp³-hybridized carbons (Fsp3) is 0.0652. The topological polar surface area (TPSA) is 121 Å². The van der Waals surface area contributed by atoms with Gasteiger partial charge < -0.3 is 33.3 Å². The first-order valence-electron chi connectivity index (χ1n) is 17.5. The molecule has 0 bridgehead atoms. The van der Waals surface area contributed by atoms with Gasteiger partial charge in [0, 0.05) is 5.41 Å². The summed E-state index contributed by atoms with van der Waals surface area (Å²) in [6.45, 7) is 4.23. The number of phenols is 2. The Kier molecular flexibility index (Phi) is 14.3. The van der Waals surface area contributed by atoms with Gasteiger partial charge in [-0.1, -0.05) is 129 Å². The summed E-state index contributed by atoms with van der Waals surface area (Å²) in [5.41, 5.74) is 2.10. The number of benzene rings is 7. The van der Waals surface area contributed by atoms with Gasteiger partial charge in [-0.05, 0) is 96.1 Å². The number of carbonyl (C=O) groups excluding carboxylic acids is 1. The molecule has 10 heteroatoms. The van der Waals surface area contributed by atoms with Crippen LogP contribution in [0.5, 0.6) is 40.2 Å². The molecular formula is C46H41O9P. The SMILES string of the molecule is CC(C)(c1ccc(O)cc1)c1ccc(O)cc1.O=C(Oc1ccccc1)Oc1ccccc1.O=P(Oc1ccccc1)(Oc1ccccc1)Oc1ccccc1. The molecule has 7 aromatic carbocycles. The Balaban J connectivity index is 0.000000164. The number of phosphoric ester groups is 1. The third-order valence-electron chi connectivity index (χ3n) is 7.95. The van der Waals surface area contributed by atoms with Gasteiger partial charge in [-0.2, -0.15) is 4.57 Å². The second-order valence-electron chi connectivity index (χ2n) is 12.5. The highest BCUT2D eigenvalue weighted by atomic mass is 31.2. The molecule has 0 saturated heterocycles. The highest BCUT2D eigenvalue weighted by molar-refractivity contribution is 7.49. The standard InChI is InChI=1S/C18H15O4P.C15H16O2.C13H10O3/c19-23(20-16-10-4-1-5-11-16,21-17-12-6-2-7-13-17)22-18-14-8-3-9-15-18;1-15(2,11-3-7-13(16)8-4-11)12-5-9-14(17)10-6-12;14-13(15-11-7-3-1-4-8-11)16-12-9-5-2-6-10-12/h1-15H;3-10,16-17H,1-2H3;1-10H. The molecule has 0 saturated carbocycles. The summed E-state index contributed by atoms with van der Waals surface area (Å²) in [6, 6.07) is 58.4. The molecule has 56 heavy (non-hydrogen) atoms. The van der Waals surface area contributed by atoms with Crippen molar-refractivity contribution in [3.63, 3.8) is 0 Å². The fourth-order valence-corrected chi connectivity index (χ4v) is 6.25. The third kappa shape index (κ3) is 12.9. The molecule has 0 aliphatic rings. The summed E-state index contributed by atoms with van der Waals surface area (Å²) in [7, 11) is -3.89. The van der Waals surface area contributed by atoms with Crippen molar-refractivity contribution in [2.75, 3.05) is 0 Å². The smallest absolute Gasteiger partial charge is 0.508 e. The summed E-state index contributed by atoms with van der Waals surface area (Å²) in [5.74, 6) is 2.69.